The van der Waals surface area contributed by atoms with Crippen LogP contribution in [0.4, 0.5) is 0 Å². The second-order valence-electron chi connectivity index (χ2n) is 16.1. The highest BCUT2D eigenvalue weighted by atomic mass is 16.6. The van der Waals surface area contributed by atoms with Gasteiger partial charge in [-0.2, -0.15) is 0 Å². The molecular weight excluding hydrogens is 620 g/mol. The van der Waals surface area contributed by atoms with Gasteiger partial charge < -0.3 is 39.4 Å². The number of hydrogen-bond acceptors (Lipinski definition) is 11. The number of carbonyl (C=O) groups excluding carboxylic acids is 3. The second-order valence-corrected chi connectivity index (χ2v) is 16.1. The maximum atomic E-state index is 14.1. The van der Waals surface area contributed by atoms with Gasteiger partial charge in [0.05, 0.1) is 37.1 Å². The van der Waals surface area contributed by atoms with Crippen molar-refractivity contribution in [3.63, 3.8) is 0 Å². The predicted octanol–water partition coefficient (Wildman–Crippen LogP) is 2.89. The van der Waals surface area contributed by atoms with Crippen LogP contribution in [0.15, 0.2) is 46.3 Å². The molecule has 4 N–H and O–H groups in total. The number of rotatable bonds is 4. The largest absolute Gasteiger partial charge is 0.487 e. The molecule has 12 atom stereocenters. The smallest absolute Gasteiger partial charge is 0.337 e. The number of ketones is 1. The molecule has 0 spiro atoms. The average Bonchev–Trinajstić information content (AvgIpc) is 3.32. The molecule has 48 heavy (non-hydrogen) atoms. The molecule has 0 aromatic carbocycles. The standard InChI is InChI=1S/C37H48O11/c1-18-7-9-24(39)22-12-25(40)23(14-33(18,22)4)35(6)27(41)11-21(15-45-35)32(43)47-31-30-20(3)26-13-29(42)46-28-10-8-19(2)34(31,5)37(28,44)16-36(30,17-38)48-26/h12,14-15,18-19,24,26-28,31,38-39,41,44H,7-11,13,16-17H2,1-6H3/t18-,19-,24+,26+,27-,28-,31+,33+,34-,35-,36-,37+/m0/s1. The minimum Gasteiger partial charge on any atom is -0.487 e. The molecule has 4 aliphatic carbocycles. The molecule has 7 rings (SSSR count). The molecule has 0 amide bonds. The fourth-order valence-corrected chi connectivity index (χ4v) is 10.1. The van der Waals surface area contributed by atoms with Crippen molar-refractivity contribution in [1.82, 2.24) is 0 Å². The molecule has 3 saturated carbocycles. The lowest BCUT2D eigenvalue weighted by Crippen LogP contribution is -2.73. The van der Waals surface area contributed by atoms with Crippen molar-refractivity contribution < 1.29 is 53.8 Å². The lowest BCUT2D eigenvalue weighted by atomic mass is 9.47. The quantitative estimate of drug-likeness (QED) is 0.257. The Kier molecular flexibility index (Phi) is 7.60. The van der Waals surface area contributed by atoms with Gasteiger partial charge in [-0.1, -0.05) is 33.8 Å². The Morgan fingerprint density at radius 1 is 1.04 bits per heavy atom. The summed E-state index contributed by atoms with van der Waals surface area (Å²) in [7, 11) is 0. The van der Waals surface area contributed by atoms with Crippen LogP contribution in [0.1, 0.15) is 86.5 Å². The zero-order valence-corrected chi connectivity index (χ0v) is 28.6. The molecule has 4 fully saturated rings. The molecule has 3 aliphatic heterocycles. The van der Waals surface area contributed by atoms with Crippen molar-refractivity contribution >= 4 is 17.7 Å². The van der Waals surface area contributed by atoms with E-state index >= 15 is 0 Å². The van der Waals surface area contributed by atoms with E-state index in [1.807, 2.05) is 26.8 Å². The van der Waals surface area contributed by atoms with Gasteiger partial charge in [-0.15, -0.1) is 0 Å². The SMILES string of the molecule is CC1=C2[C@@H](OC(=O)C3=CO[C@@](C)(C4=C[C@@]5(C)C(=CC4=O)[C@H](O)CC[C@@H]5C)[C@@H](O)C3)[C@]3(C)[C@@H](C)CC[C@@H]4OC(=O)C[C@H]1O[C@]2(CO)C[C@@]43O. The summed E-state index contributed by atoms with van der Waals surface area (Å²) in [6.45, 7) is 10.8. The molecule has 262 valence electrons. The lowest BCUT2D eigenvalue weighted by Gasteiger charge is -2.63. The fourth-order valence-electron chi connectivity index (χ4n) is 10.1. The van der Waals surface area contributed by atoms with Crippen LogP contribution in [0.5, 0.6) is 0 Å². The zero-order chi connectivity index (χ0) is 34.8. The number of fused-ring (bicyclic) bond motifs is 2. The molecular formula is C37H48O11. The number of ether oxygens (including phenoxy) is 4. The summed E-state index contributed by atoms with van der Waals surface area (Å²) < 4.78 is 24.7. The maximum absolute atomic E-state index is 14.1. The van der Waals surface area contributed by atoms with Crippen LogP contribution in [-0.4, -0.2) is 92.1 Å². The van der Waals surface area contributed by atoms with E-state index in [1.54, 1.807) is 13.8 Å². The predicted molar refractivity (Wildman–Crippen MR) is 170 cm³/mol. The first kappa shape index (κ1) is 33.7. The van der Waals surface area contributed by atoms with Crippen molar-refractivity contribution in [3.8, 4) is 0 Å². The summed E-state index contributed by atoms with van der Waals surface area (Å²) in [6.07, 6.45) is 1.96. The molecule has 0 unspecified atom stereocenters. The van der Waals surface area contributed by atoms with Crippen LogP contribution in [0.25, 0.3) is 0 Å². The number of allylic oxidation sites excluding steroid dienone is 2. The summed E-state index contributed by atoms with van der Waals surface area (Å²) in [6, 6.07) is 0. The molecule has 0 aromatic rings. The van der Waals surface area contributed by atoms with Crippen LogP contribution >= 0.6 is 0 Å². The molecule has 0 aromatic heterocycles. The highest BCUT2D eigenvalue weighted by Gasteiger charge is 2.73. The number of aliphatic hydroxyl groups is 4. The normalized spacial score (nSPS) is 48.2. The van der Waals surface area contributed by atoms with Crippen molar-refractivity contribution in [2.75, 3.05) is 6.61 Å². The number of aliphatic hydroxyl groups excluding tert-OH is 3. The van der Waals surface area contributed by atoms with E-state index in [4.69, 9.17) is 18.9 Å². The van der Waals surface area contributed by atoms with Crippen LogP contribution in [0.2, 0.25) is 0 Å². The van der Waals surface area contributed by atoms with Gasteiger partial charge in [-0.25, -0.2) is 4.79 Å². The summed E-state index contributed by atoms with van der Waals surface area (Å²) in [5.74, 6) is -1.65. The Morgan fingerprint density at radius 2 is 1.75 bits per heavy atom. The highest BCUT2D eigenvalue weighted by molar-refractivity contribution is 6.07. The molecule has 7 aliphatic rings. The van der Waals surface area contributed by atoms with E-state index in [9.17, 15) is 34.8 Å². The molecule has 11 nitrogen and oxygen atoms in total. The lowest BCUT2D eigenvalue weighted by molar-refractivity contribution is -0.274. The van der Waals surface area contributed by atoms with Gasteiger partial charge in [0.25, 0.3) is 0 Å². The molecule has 3 heterocycles. The van der Waals surface area contributed by atoms with E-state index in [0.29, 0.717) is 36.0 Å². The minimum absolute atomic E-state index is 0.0246. The van der Waals surface area contributed by atoms with E-state index in [2.05, 4.69) is 6.92 Å². The number of carbonyl (C=O) groups is 3. The third-order valence-corrected chi connectivity index (χ3v) is 13.8. The van der Waals surface area contributed by atoms with Gasteiger partial charge in [0, 0.05) is 34.8 Å². The first-order chi connectivity index (χ1) is 22.4. The zero-order valence-electron chi connectivity index (χ0n) is 28.6. The Bertz CT molecular complexity index is 1590. The van der Waals surface area contributed by atoms with Gasteiger partial charge in [0.2, 0.25) is 0 Å². The van der Waals surface area contributed by atoms with Crippen molar-refractivity contribution in [3.05, 3.63) is 46.3 Å². The first-order valence-electron chi connectivity index (χ1n) is 17.3. The summed E-state index contributed by atoms with van der Waals surface area (Å²) in [4.78, 5) is 40.5. The third-order valence-electron chi connectivity index (χ3n) is 13.8. The van der Waals surface area contributed by atoms with Crippen LogP contribution in [0, 0.1) is 22.7 Å². The Morgan fingerprint density at radius 3 is 2.44 bits per heavy atom. The highest BCUT2D eigenvalue weighted by Crippen LogP contribution is 2.65. The molecule has 3 bridgehead atoms. The van der Waals surface area contributed by atoms with Gasteiger partial charge in [-0.05, 0) is 68.6 Å². The topological polar surface area (TPSA) is 169 Å². The second kappa shape index (κ2) is 10.8. The van der Waals surface area contributed by atoms with E-state index in [1.165, 1.54) is 12.3 Å². The Balaban J connectivity index is 1.23. The first-order valence-corrected chi connectivity index (χ1v) is 17.3. The van der Waals surface area contributed by atoms with Crippen LogP contribution < -0.4 is 0 Å². The van der Waals surface area contributed by atoms with E-state index in [-0.39, 0.29) is 48.0 Å². The Labute approximate surface area is 280 Å². The molecule has 0 radical (unpaired) electrons. The van der Waals surface area contributed by atoms with Crippen molar-refractivity contribution in [2.45, 2.75) is 134 Å². The van der Waals surface area contributed by atoms with Gasteiger partial charge in [0.1, 0.15) is 29.5 Å². The molecule has 1 saturated heterocycles. The van der Waals surface area contributed by atoms with E-state index < -0.39 is 76.7 Å². The van der Waals surface area contributed by atoms with Crippen molar-refractivity contribution in [1.29, 1.82) is 0 Å². The third kappa shape index (κ3) is 4.33. The fraction of sp³-hybridized carbons (Fsp3) is 0.703. The van der Waals surface area contributed by atoms with Gasteiger partial charge in [-0.3, -0.25) is 9.59 Å². The summed E-state index contributed by atoms with van der Waals surface area (Å²) in [5, 5.41) is 45.6. The summed E-state index contributed by atoms with van der Waals surface area (Å²) in [5.41, 5.74) is -4.06. The van der Waals surface area contributed by atoms with Crippen molar-refractivity contribution in [2.24, 2.45) is 22.7 Å². The van der Waals surface area contributed by atoms with Gasteiger partial charge >= 0.3 is 11.9 Å². The monoisotopic (exact) mass is 668 g/mol. The van der Waals surface area contributed by atoms with Crippen LogP contribution in [0.3, 0.4) is 0 Å². The number of hydrogen-bond donors (Lipinski definition) is 4. The minimum atomic E-state index is -1.69. The van der Waals surface area contributed by atoms with Gasteiger partial charge in [0.15, 0.2) is 11.4 Å². The average molecular weight is 669 g/mol. The Hall–Kier alpha value is -2.83. The summed E-state index contributed by atoms with van der Waals surface area (Å²) >= 11 is 0. The number of esters is 2. The van der Waals surface area contributed by atoms with E-state index in [0.717, 1.165) is 6.42 Å². The molecule has 11 heteroatoms. The van der Waals surface area contributed by atoms with Crippen LogP contribution in [-0.2, 0) is 33.3 Å². The maximum Gasteiger partial charge on any atom is 0.337 e.